The molecule has 0 aromatic rings. The fraction of sp³-hybridized carbons (Fsp3) is 0.800. The molecule has 0 radical (unpaired) electrons. The van der Waals surface area contributed by atoms with Crippen molar-refractivity contribution in [1.82, 2.24) is 0 Å². The lowest BCUT2D eigenvalue weighted by Crippen LogP contribution is -1.97. The lowest BCUT2D eigenvalue weighted by Gasteiger charge is -1.83. The van der Waals surface area contributed by atoms with E-state index in [0.29, 0.717) is 6.61 Å². The van der Waals surface area contributed by atoms with Gasteiger partial charge in [0, 0.05) is 6.42 Å². The van der Waals surface area contributed by atoms with Gasteiger partial charge in [-0.15, -0.1) is 0 Å². The van der Waals surface area contributed by atoms with Gasteiger partial charge in [0.2, 0.25) is 6.04 Å². The minimum Gasteiger partial charge on any atom is -0.373 e. The van der Waals surface area contributed by atoms with Gasteiger partial charge >= 0.3 is 0 Å². The van der Waals surface area contributed by atoms with E-state index in [2.05, 4.69) is 4.85 Å². The van der Waals surface area contributed by atoms with Gasteiger partial charge in [0.25, 0.3) is 0 Å². The van der Waals surface area contributed by atoms with Gasteiger partial charge in [-0.25, -0.2) is 6.57 Å². The first-order chi connectivity index (χ1) is 3.43. The molecule has 0 spiro atoms. The summed E-state index contributed by atoms with van der Waals surface area (Å²) in [7, 11) is 0. The minimum absolute atomic E-state index is 0.167. The molecule has 0 bridgehead atoms. The number of hydrogen-bond donors (Lipinski definition) is 0. The molecule has 7 heavy (non-hydrogen) atoms. The van der Waals surface area contributed by atoms with E-state index in [-0.39, 0.29) is 6.04 Å². The fourth-order valence-corrected chi connectivity index (χ4v) is 0.624. The average Bonchev–Trinajstić information content (AvgIpc) is 2.14. The first kappa shape index (κ1) is 4.61. The van der Waals surface area contributed by atoms with Crippen LogP contribution in [0.5, 0.6) is 0 Å². The van der Waals surface area contributed by atoms with Gasteiger partial charge in [-0.1, -0.05) is 0 Å². The molecule has 1 heterocycles. The molecule has 0 aromatic heterocycles. The Bertz CT molecular complexity index is 88.7. The van der Waals surface area contributed by atoms with Crippen LogP contribution in [0.25, 0.3) is 4.85 Å². The largest absolute Gasteiger partial charge is 0.373 e. The summed E-state index contributed by atoms with van der Waals surface area (Å²) in [6.45, 7) is 7.99. The lowest BCUT2D eigenvalue weighted by atomic mass is 10.3. The van der Waals surface area contributed by atoms with Crippen LogP contribution in [0, 0.1) is 6.57 Å². The van der Waals surface area contributed by atoms with Crippen molar-refractivity contribution in [3.63, 3.8) is 0 Å². The summed E-state index contributed by atoms with van der Waals surface area (Å²) in [6.07, 6.45) is 0.934. The molecule has 1 atom stereocenters. The molecule has 0 aromatic carbocycles. The second kappa shape index (κ2) is 1.94. The van der Waals surface area contributed by atoms with Crippen molar-refractivity contribution in [3.8, 4) is 0 Å². The Hall–Kier alpha value is -0.550. The molecule has 1 rings (SSSR count). The highest BCUT2D eigenvalue weighted by Gasteiger charge is 2.18. The van der Waals surface area contributed by atoms with Crippen LogP contribution in [0.2, 0.25) is 0 Å². The normalized spacial score (nSPS) is 29.9. The highest BCUT2D eigenvalue weighted by atomic mass is 16.5. The molecule has 0 N–H and O–H groups in total. The van der Waals surface area contributed by atoms with Gasteiger partial charge < -0.3 is 9.58 Å². The van der Waals surface area contributed by atoms with E-state index >= 15 is 0 Å². The van der Waals surface area contributed by atoms with Crippen molar-refractivity contribution in [1.29, 1.82) is 0 Å². The molecule has 1 fully saturated rings. The Morgan fingerprint density at radius 1 is 1.71 bits per heavy atom. The Kier molecular flexibility index (Phi) is 1.28. The van der Waals surface area contributed by atoms with Gasteiger partial charge in [-0.05, 0) is 0 Å². The smallest absolute Gasteiger partial charge is 0.248 e. The number of ether oxygens (including phenoxy) is 1. The predicted octanol–water partition coefficient (Wildman–Crippen LogP) is 0.695. The van der Waals surface area contributed by atoms with E-state index < -0.39 is 0 Å². The van der Waals surface area contributed by atoms with Crippen molar-refractivity contribution >= 4 is 0 Å². The summed E-state index contributed by atoms with van der Waals surface area (Å²) in [4.78, 5) is 3.31. The van der Waals surface area contributed by atoms with Crippen LogP contribution in [-0.4, -0.2) is 19.3 Å². The summed E-state index contributed by atoms with van der Waals surface area (Å²) in [5.41, 5.74) is 0. The Balaban J connectivity index is 2.31. The predicted molar refractivity (Wildman–Crippen MR) is 25.8 cm³/mol. The van der Waals surface area contributed by atoms with Gasteiger partial charge in [0.05, 0.1) is 6.61 Å². The molecule has 1 saturated heterocycles. The summed E-state index contributed by atoms with van der Waals surface area (Å²) in [6, 6.07) is 0.167. The fourth-order valence-electron chi connectivity index (χ4n) is 0.624. The van der Waals surface area contributed by atoms with Crippen molar-refractivity contribution in [2.24, 2.45) is 0 Å². The molecule has 0 unspecified atom stereocenters. The van der Waals surface area contributed by atoms with Gasteiger partial charge in [0.15, 0.2) is 0 Å². The molecule has 38 valence electrons. The van der Waals surface area contributed by atoms with E-state index in [1.165, 1.54) is 0 Å². The molecule has 0 aliphatic carbocycles. The van der Waals surface area contributed by atoms with Gasteiger partial charge in [0.1, 0.15) is 6.61 Å². The first-order valence-corrected chi connectivity index (χ1v) is 2.38. The highest BCUT2D eigenvalue weighted by Crippen LogP contribution is 2.06. The third kappa shape index (κ3) is 0.908. The third-order valence-electron chi connectivity index (χ3n) is 1.09. The van der Waals surface area contributed by atoms with Crippen LogP contribution in [0.15, 0.2) is 0 Å². The van der Waals surface area contributed by atoms with E-state index in [1.54, 1.807) is 0 Å². The van der Waals surface area contributed by atoms with Crippen molar-refractivity contribution in [2.45, 2.75) is 12.5 Å². The van der Waals surface area contributed by atoms with Crippen LogP contribution < -0.4 is 0 Å². The zero-order valence-corrected chi connectivity index (χ0v) is 4.05. The van der Waals surface area contributed by atoms with E-state index in [1.807, 2.05) is 0 Å². The average molecular weight is 97.1 g/mol. The molecule has 0 amide bonds. The molecule has 0 saturated carbocycles. The monoisotopic (exact) mass is 97.1 g/mol. The Labute approximate surface area is 42.9 Å². The molecule has 1 aliphatic rings. The zero-order chi connectivity index (χ0) is 5.11. The maximum absolute atomic E-state index is 6.54. The zero-order valence-electron chi connectivity index (χ0n) is 4.05. The third-order valence-corrected chi connectivity index (χ3v) is 1.09. The number of hydrogen-bond acceptors (Lipinski definition) is 1. The quantitative estimate of drug-likeness (QED) is 0.405. The van der Waals surface area contributed by atoms with E-state index in [9.17, 15) is 0 Å². The van der Waals surface area contributed by atoms with Crippen LogP contribution in [0.1, 0.15) is 6.42 Å². The van der Waals surface area contributed by atoms with Crippen LogP contribution in [0.4, 0.5) is 0 Å². The lowest BCUT2D eigenvalue weighted by molar-refractivity contribution is 0.196. The van der Waals surface area contributed by atoms with E-state index in [4.69, 9.17) is 11.3 Å². The Morgan fingerprint density at radius 2 is 2.57 bits per heavy atom. The van der Waals surface area contributed by atoms with Crippen molar-refractivity contribution in [3.05, 3.63) is 11.4 Å². The number of nitrogens with zero attached hydrogens (tertiary/aromatic N) is 1. The van der Waals surface area contributed by atoms with Crippen LogP contribution >= 0.6 is 0 Å². The second-order valence-corrected chi connectivity index (χ2v) is 1.65. The molecular formula is C5H7NO. The minimum atomic E-state index is 0.167. The Morgan fingerprint density at radius 3 is 2.86 bits per heavy atom. The molecule has 2 nitrogen and oxygen atoms in total. The SMILES string of the molecule is [C-]#[N+][C@@H]1CCOC1. The summed E-state index contributed by atoms with van der Waals surface area (Å²) < 4.78 is 4.93. The molecular weight excluding hydrogens is 90.1 g/mol. The maximum atomic E-state index is 6.54. The first-order valence-electron chi connectivity index (χ1n) is 2.38. The van der Waals surface area contributed by atoms with Crippen LogP contribution in [-0.2, 0) is 4.74 Å². The summed E-state index contributed by atoms with van der Waals surface area (Å²) in [5.74, 6) is 0. The topological polar surface area (TPSA) is 13.6 Å². The molecule has 1 aliphatic heterocycles. The van der Waals surface area contributed by atoms with Crippen LogP contribution in [0.3, 0.4) is 0 Å². The summed E-state index contributed by atoms with van der Waals surface area (Å²) in [5, 5.41) is 0. The highest BCUT2D eigenvalue weighted by molar-refractivity contribution is 4.81. The number of rotatable bonds is 0. The summed E-state index contributed by atoms with van der Waals surface area (Å²) >= 11 is 0. The van der Waals surface area contributed by atoms with Gasteiger partial charge in [-0.2, -0.15) is 0 Å². The maximum Gasteiger partial charge on any atom is 0.248 e. The van der Waals surface area contributed by atoms with E-state index in [0.717, 1.165) is 13.0 Å². The van der Waals surface area contributed by atoms with Gasteiger partial charge in [-0.3, -0.25) is 0 Å². The standard InChI is InChI=1S/C5H7NO/c1-6-5-2-3-7-4-5/h5H,2-4H2/t5-/m1/s1. The molecule has 2 heteroatoms. The van der Waals surface area contributed by atoms with Crippen molar-refractivity contribution in [2.75, 3.05) is 13.2 Å². The second-order valence-electron chi connectivity index (χ2n) is 1.65. The van der Waals surface area contributed by atoms with Crippen molar-refractivity contribution < 1.29 is 4.74 Å².